The number of aryl methyl sites for hydroxylation is 1. The number of carboxylic acid groups (broad SMARTS) is 1. The second kappa shape index (κ2) is 5.35. The third-order valence-electron chi connectivity index (χ3n) is 1.06. The molecule has 0 spiro atoms. The van der Waals surface area contributed by atoms with E-state index in [0.29, 0.717) is 0 Å². The Morgan fingerprint density at radius 2 is 2.25 bits per heavy atom. The fourth-order valence-corrected chi connectivity index (χ4v) is 0.692. The Bertz CT molecular complexity index is 243. The minimum Gasteiger partial charge on any atom is -0.480 e. The number of hydrogen-bond donors (Lipinski definition) is 1. The minimum absolute atomic E-state index is 0.0617. The van der Waals surface area contributed by atoms with Crippen molar-refractivity contribution >= 4 is 5.97 Å². The van der Waals surface area contributed by atoms with Gasteiger partial charge in [-0.15, -0.1) is 0 Å². The van der Waals surface area contributed by atoms with Gasteiger partial charge in [-0.05, 0) is 12.5 Å². The first-order chi connectivity index (χ1) is 5.68. The molecule has 0 saturated heterocycles. The van der Waals surface area contributed by atoms with Crippen molar-refractivity contribution in [3.05, 3.63) is 18.0 Å². The third kappa shape index (κ3) is 3.75. The van der Waals surface area contributed by atoms with Gasteiger partial charge in [0.2, 0.25) is 0 Å². The summed E-state index contributed by atoms with van der Waals surface area (Å²) in [5.41, 5.74) is 0.973. The quantitative estimate of drug-likeness (QED) is 0.727. The van der Waals surface area contributed by atoms with Crippen LogP contribution in [0.25, 0.3) is 0 Å². The highest BCUT2D eigenvalue weighted by Crippen LogP contribution is 1.92. The van der Waals surface area contributed by atoms with Crippen molar-refractivity contribution in [2.24, 2.45) is 0 Å². The van der Waals surface area contributed by atoms with E-state index in [1.165, 1.54) is 4.68 Å². The number of nitrogens with zero attached hydrogens (tertiary/aromatic N) is 2. The van der Waals surface area contributed by atoms with E-state index in [2.05, 4.69) is 5.10 Å². The molecule has 4 heteroatoms. The molecule has 0 atom stereocenters. The van der Waals surface area contributed by atoms with Gasteiger partial charge in [0.1, 0.15) is 6.54 Å². The van der Waals surface area contributed by atoms with Crippen LogP contribution in [0.5, 0.6) is 0 Å². The zero-order valence-corrected chi connectivity index (χ0v) is 7.61. The number of carbonyl (C=O) groups is 1. The summed E-state index contributed by atoms with van der Waals surface area (Å²) in [7, 11) is 0. The fraction of sp³-hybridized carbons (Fsp3) is 0.500. The largest absolute Gasteiger partial charge is 0.480 e. The summed E-state index contributed by atoms with van der Waals surface area (Å²) in [6.45, 7) is 5.80. The lowest BCUT2D eigenvalue weighted by Crippen LogP contribution is -2.08. The van der Waals surface area contributed by atoms with E-state index in [9.17, 15) is 4.79 Å². The molecular weight excluding hydrogens is 156 g/mol. The number of aromatic nitrogens is 2. The maximum absolute atomic E-state index is 10.1. The molecule has 4 nitrogen and oxygen atoms in total. The van der Waals surface area contributed by atoms with Gasteiger partial charge in [-0.25, -0.2) is 0 Å². The number of rotatable bonds is 2. The van der Waals surface area contributed by atoms with Crippen molar-refractivity contribution in [1.82, 2.24) is 9.78 Å². The average Bonchev–Trinajstić information content (AvgIpc) is 2.39. The molecule has 1 heterocycles. The molecule has 0 unspecified atom stereocenters. The highest BCUT2D eigenvalue weighted by Gasteiger charge is 1.98. The second-order valence-corrected chi connectivity index (χ2v) is 2.11. The van der Waals surface area contributed by atoms with Crippen LogP contribution in [0, 0.1) is 6.92 Å². The maximum Gasteiger partial charge on any atom is 0.325 e. The predicted octanol–water partition coefficient (Wildman–Crippen LogP) is 1.30. The molecule has 0 bridgehead atoms. The Kier molecular flexibility index (Phi) is 4.76. The lowest BCUT2D eigenvalue weighted by Gasteiger charge is -1.91. The Labute approximate surface area is 71.8 Å². The molecular formula is C8H14N2O2. The van der Waals surface area contributed by atoms with Gasteiger partial charge in [0.15, 0.2) is 0 Å². The Hall–Kier alpha value is -1.32. The van der Waals surface area contributed by atoms with Crippen LogP contribution in [0.4, 0.5) is 0 Å². The van der Waals surface area contributed by atoms with Crippen LogP contribution >= 0.6 is 0 Å². The van der Waals surface area contributed by atoms with E-state index >= 15 is 0 Å². The van der Waals surface area contributed by atoms with Gasteiger partial charge in [0.05, 0.1) is 6.20 Å². The summed E-state index contributed by atoms with van der Waals surface area (Å²) < 4.78 is 1.39. The first-order valence-electron chi connectivity index (χ1n) is 3.89. The first-order valence-corrected chi connectivity index (χ1v) is 3.89. The molecule has 12 heavy (non-hydrogen) atoms. The minimum atomic E-state index is -0.872. The van der Waals surface area contributed by atoms with Crippen LogP contribution < -0.4 is 0 Å². The highest BCUT2D eigenvalue weighted by molar-refractivity contribution is 5.66. The standard InChI is InChI=1S/C6H8N2O2.C2H6/c1-5-2-7-8(3-5)4-6(9)10;1-2/h2-3H,4H2,1H3,(H,9,10);1-2H3. The van der Waals surface area contributed by atoms with Gasteiger partial charge in [0.25, 0.3) is 0 Å². The number of hydrogen-bond acceptors (Lipinski definition) is 2. The molecule has 0 amide bonds. The molecule has 0 aliphatic rings. The lowest BCUT2D eigenvalue weighted by atomic mass is 10.4. The van der Waals surface area contributed by atoms with Crippen molar-refractivity contribution < 1.29 is 9.90 Å². The average molecular weight is 170 g/mol. The maximum atomic E-state index is 10.1. The SMILES string of the molecule is CC.Cc1cnn(CC(=O)O)c1. The van der Waals surface area contributed by atoms with Crippen molar-refractivity contribution in [2.75, 3.05) is 0 Å². The summed E-state index contributed by atoms with van der Waals surface area (Å²) in [4.78, 5) is 10.1. The number of carboxylic acids is 1. The normalized spacial score (nSPS) is 8.58. The summed E-state index contributed by atoms with van der Waals surface area (Å²) in [5, 5.41) is 12.1. The van der Waals surface area contributed by atoms with Gasteiger partial charge < -0.3 is 5.11 Å². The van der Waals surface area contributed by atoms with Gasteiger partial charge in [-0.2, -0.15) is 5.10 Å². The summed E-state index contributed by atoms with van der Waals surface area (Å²) in [6, 6.07) is 0. The van der Waals surface area contributed by atoms with Crippen LogP contribution in [0.3, 0.4) is 0 Å². The van der Waals surface area contributed by atoms with Gasteiger partial charge >= 0.3 is 5.97 Å². The first kappa shape index (κ1) is 10.7. The van der Waals surface area contributed by atoms with Crippen LogP contribution in [-0.2, 0) is 11.3 Å². The molecule has 0 aromatic carbocycles. The van der Waals surface area contributed by atoms with Crippen molar-refractivity contribution in [2.45, 2.75) is 27.3 Å². The molecule has 0 aliphatic carbocycles. The van der Waals surface area contributed by atoms with E-state index in [4.69, 9.17) is 5.11 Å². The molecule has 1 rings (SSSR count). The molecule has 0 saturated carbocycles. The molecule has 68 valence electrons. The molecule has 1 N–H and O–H groups in total. The van der Waals surface area contributed by atoms with Gasteiger partial charge in [-0.3, -0.25) is 9.48 Å². The summed E-state index contributed by atoms with van der Waals surface area (Å²) in [5.74, 6) is -0.872. The van der Waals surface area contributed by atoms with E-state index in [1.54, 1.807) is 12.4 Å². The van der Waals surface area contributed by atoms with E-state index in [0.717, 1.165) is 5.56 Å². The summed E-state index contributed by atoms with van der Waals surface area (Å²) >= 11 is 0. The van der Waals surface area contributed by atoms with Crippen LogP contribution in [0.15, 0.2) is 12.4 Å². The van der Waals surface area contributed by atoms with Crippen LogP contribution in [-0.4, -0.2) is 20.9 Å². The van der Waals surface area contributed by atoms with Crippen LogP contribution in [0.1, 0.15) is 19.4 Å². The van der Waals surface area contributed by atoms with Gasteiger partial charge in [0, 0.05) is 6.20 Å². The molecule has 0 radical (unpaired) electrons. The fourth-order valence-electron chi connectivity index (χ4n) is 0.692. The highest BCUT2D eigenvalue weighted by atomic mass is 16.4. The monoisotopic (exact) mass is 170 g/mol. The zero-order valence-electron chi connectivity index (χ0n) is 7.61. The Morgan fingerprint density at radius 1 is 1.67 bits per heavy atom. The predicted molar refractivity (Wildman–Crippen MR) is 45.9 cm³/mol. The Balaban J connectivity index is 0.000000561. The smallest absolute Gasteiger partial charge is 0.325 e. The molecule has 0 aliphatic heterocycles. The van der Waals surface area contributed by atoms with Crippen LogP contribution in [0.2, 0.25) is 0 Å². The van der Waals surface area contributed by atoms with Crippen molar-refractivity contribution in [3.63, 3.8) is 0 Å². The van der Waals surface area contributed by atoms with Gasteiger partial charge in [-0.1, -0.05) is 13.8 Å². The van der Waals surface area contributed by atoms with Crippen molar-refractivity contribution in [1.29, 1.82) is 0 Å². The molecule has 1 aromatic heterocycles. The topological polar surface area (TPSA) is 55.1 Å². The zero-order chi connectivity index (χ0) is 9.56. The molecule has 1 aromatic rings. The molecule has 0 fully saturated rings. The third-order valence-corrected chi connectivity index (χ3v) is 1.06. The number of aliphatic carboxylic acids is 1. The van der Waals surface area contributed by atoms with E-state index in [1.807, 2.05) is 20.8 Å². The summed E-state index contributed by atoms with van der Waals surface area (Å²) in [6.07, 6.45) is 3.32. The lowest BCUT2D eigenvalue weighted by molar-refractivity contribution is -0.137. The Morgan fingerprint density at radius 3 is 2.58 bits per heavy atom. The van der Waals surface area contributed by atoms with Crippen molar-refractivity contribution in [3.8, 4) is 0 Å². The second-order valence-electron chi connectivity index (χ2n) is 2.11. The van der Waals surface area contributed by atoms with E-state index in [-0.39, 0.29) is 6.54 Å². The van der Waals surface area contributed by atoms with E-state index < -0.39 is 5.97 Å².